The van der Waals surface area contributed by atoms with E-state index in [1.54, 1.807) is 23.1 Å². The quantitative estimate of drug-likeness (QED) is 0.243. The molecule has 0 aliphatic rings. The van der Waals surface area contributed by atoms with E-state index in [1.165, 1.54) is 0 Å². The molecule has 0 aliphatic carbocycles. The van der Waals surface area contributed by atoms with Gasteiger partial charge in [-0.15, -0.1) is 0 Å². The van der Waals surface area contributed by atoms with Gasteiger partial charge in [-0.05, 0) is 83.5 Å². The van der Waals surface area contributed by atoms with Crippen LogP contribution in [0.4, 0.5) is 0 Å². The zero-order valence-corrected chi connectivity index (χ0v) is 23.9. The van der Waals surface area contributed by atoms with E-state index < -0.39 is 6.04 Å². The molecule has 36 heavy (non-hydrogen) atoms. The van der Waals surface area contributed by atoms with Crippen molar-refractivity contribution in [2.75, 3.05) is 6.61 Å². The van der Waals surface area contributed by atoms with Crippen molar-refractivity contribution < 1.29 is 14.3 Å². The lowest BCUT2D eigenvalue weighted by molar-refractivity contribution is -0.143. The first-order chi connectivity index (χ1) is 17.3. The number of rotatable bonds is 11. The Morgan fingerprint density at radius 2 is 1.72 bits per heavy atom. The van der Waals surface area contributed by atoms with Gasteiger partial charge >= 0.3 is 0 Å². The number of ether oxygens (including phenoxy) is 1. The highest BCUT2D eigenvalue weighted by Gasteiger charge is 2.31. The van der Waals surface area contributed by atoms with Gasteiger partial charge in [-0.1, -0.05) is 66.5 Å². The molecule has 2 amide bonds. The predicted octanol–water partition coefficient (Wildman–Crippen LogP) is 6.53. The Balaban J connectivity index is 1.93. The van der Waals surface area contributed by atoms with Gasteiger partial charge in [-0.3, -0.25) is 9.59 Å². The summed E-state index contributed by atoms with van der Waals surface area (Å²) < 4.78 is 6.86. The fourth-order valence-electron chi connectivity index (χ4n) is 3.59. The van der Waals surface area contributed by atoms with E-state index in [0.29, 0.717) is 27.8 Å². The molecule has 0 aliphatic heterocycles. The van der Waals surface area contributed by atoms with Gasteiger partial charge in [-0.25, -0.2) is 0 Å². The molecule has 3 aromatic rings. The number of nitrogens with one attached hydrogen (secondary N) is 1. The molecular weight excluding hydrogens is 610 g/mol. The molecule has 0 fully saturated rings. The number of halogens is 3. The first kappa shape index (κ1) is 28.3. The van der Waals surface area contributed by atoms with Crippen molar-refractivity contribution in [1.29, 1.82) is 0 Å². The third-order valence-corrected chi connectivity index (χ3v) is 7.11. The van der Waals surface area contributed by atoms with Gasteiger partial charge in [0.1, 0.15) is 11.8 Å². The molecule has 0 saturated heterocycles. The first-order valence-electron chi connectivity index (χ1n) is 11.7. The minimum atomic E-state index is -0.763. The molecular formula is C28H29Cl2IN2O3. The Morgan fingerprint density at radius 3 is 2.36 bits per heavy atom. The summed E-state index contributed by atoms with van der Waals surface area (Å²) in [5.74, 6) is 0.0395. The van der Waals surface area contributed by atoms with Crippen molar-refractivity contribution in [2.45, 2.75) is 45.3 Å². The van der Waals surface area contributed by atoms with Crippen LogP contribution in [0.2, 0.25) is 10.0 Å². The third-order valence-electron chi connectivity index (χ3n) is 5.80. The van der Waals surface area contributed by atoms with Gasteiger partial charge in [0.15, 0.2) is 6.61 Å². The lowest BCUT2D eigenvalue weighted by Crippen LogP contribution is -2.53. The maximum absolute atomic E-state index is 13.6. The summed E-state index contributed by atoms with van der Waals surface area (Å²) in [6.07, 6.45) is 1.13. The maximum atomic E-state index is 13.6. The van der Waals surface area contributed by atoms with E-state index in [2.05, 4.69) is 27.9 Å². The fraction of sp³-hybridized carbons (Fsp3) is 0.286. The van der Waals surface area contributed by atoms with Gasteiger partial charge in [-0.2, -0.15) is 0 Å². The number of benzene rings is 3. The van der Waals surface area contributed by atoms with Gasteiger partial charge in [0.2, 0.25) is 5.91 Å². The summed E-state index contributed by atoms with van der Waals surface area (Å²) in [6.45, 7) is 3.87. The Bertz CT molecular complexity index is 1160. The minimum absolute atomic E-state index is 0.0325. The topological polar surface area (TPSA) is 58.6 Å². The van der Waals surface area contributed by atoms with Crippen LogP contribution >= 0.6 is 45.8 Å². The molecule has 0 unspecified atom stereocenters. The molecule has 0 saturated carbocycles. The second-order valence-electron chi connectivity index (χ2n) is 8.52. The molecule has 3 aromatic carbocycles. The molecule has 0 spiro atoms. The van der Waals surface area contributed by atoms with Gasteiger partial charge in [0.05, 0.1) is 0 Å². The average molecular weight is 639 g/mol. The number of carbonyl (C=O) groups excluding carboxylic acids is 2. The highest BCUT2D eigenvalue weighted by atomic mass is 127. The molecule has 5 nitrogen and oxygen atoms in total. The van der Waals surface area contributed by atoms with E-state index in [9.17, 15) is 9.59 Å². The molecule has 8 heteroatoms. The van der Waals surface area contributed by atoms with E-state index >= 15 is 0 Å². The fourth-order valence-corrected chi connectivity index (χ4v) is 4.42. The van der Waals surface area contributed by atoms with E-state index in [0.717, 1.165) is 15.6 Å². The SMILES string of the molecule is CC[C@@H](C)NC(=O)[C@H](Cc1ccccc1)N(Cc1ccc(Cl)cc1Cl)C(=O)COc1ccc(I)cc1. The third kappa shape index (κ3) is 8.39. The zero-order valence-electron chi connectivity index (χ0n) is 20.2. The number of nitrogens with zero attached hydrogens (tertiary/aromatic N) is 1. The first-order valence-corrected chi connectivity index (χ1v) is 13.6. The van der Waals surface area contributed by atoms with Crippen LogP contribution in [0.1, 0.15) is 31.4 Å². The van der Waals surface area contributed by atoms with Crippen molar-refractivity contribution in [3.05, 3.63) is 97.5 Å². The second kappa shape index (κ2) is 13.9. The zero-order chi connectivity index (χ0) is 26.1. The Hall–Kier alpha value is -2.29. The average Bonchev–Trinajstić information content (AvgIpc) is 2.87. The highest BCUT2D eigenvalue weighted by molar-refractivity contribution is 14.1. The Labute approximate surface area is 236 Å². The van der Waals surface area contributed by atoms with Crippen molar-refractivity contribution in [3.8, 4) is 5.75 Å². The maximum Gasteiger partial charge on any atom is 0.261 e. The van der Waals surface area contributed by atoms with E-state index in [4.69, 9.17) is 27.9 Å². The van der Waals surface area contributed by atoms with Crippen LogP contribution < -0.4 is 10.1 Å². The van der Waals surface area contributed by atoms with Gasteiger partial charge in [0, 0.05) is 32.6 Å². The molecule has 0 aromatic heterocycles. The Kier molecular flexibility index (Phi) is 10.9. The molecule has 3 rings (SSSR count). The van der Waals surface area contributed by atoms with Crippen LogP contribution in [-0.2, 0) is 22.6 Å². The summed E-state index contributed by atoms with van der Waals surface area (Å²) >= 11 is 14.8. The molecule has 1 N–H and O–H groups in total. The summed E-state index contributed by atoms with van der Waals surface area (Å²) in [5.41, 5.74) is 1.64. The van der Waals surface area contributed by atoms with Crippen LogP contribution in [0.15, 0.2) is 72.8 Å². The number of hydrogen-bond acceptors (Lipinski definition) is 3. The van der Waals surface area contributed by atoms with E-state index in [-0.39, 0.29) is 31.0 Å². The van der Waals surface area contributed by atoms with Crippen molar-refractivity contribution >= 4 is 57.6 Å². The summed E-state index contributed by atoms with van der Waals surface area (Å²) in [7, 11) is 0. The molecule has 0 heterocycles. The molecule has 0 bridgehead atoms. The number of amides is 2. The van der Waals surface area contributed by atoms with Crippen molar-refractivity contribution in [1.82, 2.24) is 10.2 Å². The highest BCUT2D eigenvalue weighted by Crippen LogP contribution is 2.24. The number of carbonyl (C=O) groups is 2. The summed E-state index contributed by atoms with van der Waals surface area (Å²) in [5, 5.41) is 3.98. The smallest absolute Gasteiger partial charge is 0.261 e. The summed E-state index contributed by atoms with van der Waals surface area (Å²) in [4.78, 5) is 28.7. The predicted molar refractivity (Wildman–Crippen MR) is 153 cm³/mol. The van der Waals surface area contributed by atoms with Crippen molar-refractivity contribution in [3.63, 3.8) is 0 Å². The lowest BCUT2D eigenvalue weighted by Gasteiger charge is -2.32. The summed E-state index contributed by atoms with van der Waals surface area (Å²) in [6, 6.07) is 21.4. The molecule has 2 atom stereocenters. The standard InChI is InChI=1S/C28H29Cl2IN2O3/c1-3-19(2)32-28(35)26(15-20-7-5-4-6-8-20)33(17-21-9-10-22(29)16-25(21)30)27(34)18-36-24-13-11-23(31)12-14-24/h4-14,16,19,26H,3,15,17-18H2,1-2H3,(H,32,35)/t19-,26+/m1/s1. The molecule has 190 valence electrons. The van der Waals surface area contributed by atoms with Crippen LogP contribution in [0, 0.1) is 3.57 Å². The number of hydrogen-bond donors (Lipinski definition) is 1. The molecule has 0 radical (unpaired) electrons. The van der Waals surface area contributed by atoms with Crippen LogP contribution in [-0.4, -0.2) is 35.4 Å². The van der Waals surface area contributed by atoms with Crippen LogP contribution in [0.3, 0.4) is 0 Å². The normalized spacial score (nSPS) is 12.5. The van der Waals surface area contributed by atoms with Gasteiger partial charge < -0.3 is 15.0 Å². The van der Waals surface area contributed by atoms with Crippen LogP contribution in [0.25, 0.3) is 0 Å². The minimum Gasteiger partial charge on any atom is -0.484 e. The van der Waals surface area contributed by atoms with Crippen molar-refractivity contribution in [2.24, 2.45) is 0 Å². The lowest BCUT2D eigenvalue weighted by atomic mass is 10.0. The largest absolute Gasteiger partial charge is 0.484 e. The van der Waals surface area contributed by atoms with Crippen LogP contribution in [0.5, 0.6) is 5.75 Å². The van der Waals surface area contributed by atoms with E-state index in [1.807, 2.05) is 68.4 Å². The Morgan fingerprint density at radius 1 is 1.03 bits per heavy atom. The van der Waals surface area contributed by atoms with Gasteiger partial charge in [0.25, 0.3) is 5.91 Å². The second-order valence-corrected chi connectivity index (χ2v) is 10.6. The monoisotopic (exact) mass is 638 g/mol.